The van der Waals surface area contributed by atoms with Crippen LogP contribution in [0.5, 0.6) is 5.88 Å². The van der Waals surface area contributed by atoms with E-state index in [0.29, 0.717) is 18.3 Å². The van der Waals surface area contributed by atoms with Gasteiger partial charge in [-0.05, 0) is 36.0 Å². The highest BCUT2D eigenvalue weighted by atomic mass is 16.5. The minimum atomic E-state index is -0.199. The first kappa shape index (κ1) is 18.8. The Morgan fingerprint density at radius 2 is 1.76 bits per heavy atom. The van der Waals surface area contributed by atoms with E-state index >= 15 is 0 Å². The summed E-state index contributed by atoms with van der Waals surface area (Å²) in [6.45, 7) is 6.82. The number of carbonyl (C=O) groups excluding carboxylic acids is 1. The van der Waals surface area contributed by atoms with E-state index in [4.69, 9.17) is 4.74 Å². The Morgan fingerprint density at radius 1 is 1.08 bits per heavy atom. The van der Waals surface area contributed by atoms with E-state index < -0.39 is 0 Å². The molecule has 0 aliphatic heterocycles. The molecule has 0 aliphatic carbocycles. The first-order valence-corrected chi connectivity index (χ1v) is 8.60. The lowest BCUT2D eigenvalue weighted by atomic mass is 10.00. The third-order valence-corrected chi connectivity index (χ3v) is 3.93. The molecule has 1 atom stereocenters. The van der Waals surface area contributed by atoms with Crippen LogP contribution in [0.25, 0.3) is 0 Å². The van der Waals surface area contributed by atoms with Crippen molar-refractivity contribution in [1.29, 1.82) is 0 Å². The minimum absolute atomic E-state index is 0.0536. The maximum Gasteiger partial charge on any atom is 0.315 e. The Bertz CT molecular complexity index is 666. The second-order valence-electron chi connectivity index (χ2n) is 6.60. The number of aromatic nitrogens is 1. The summed E-state index contributed by atoms with van der Waals surface area (Å²) in [5.41, 5.74) is 3.33. The van der Waals surface area contributed by atoms with Gasteiger partial charge in [-0.2, -0.15) is 0 Å². The number of hydrogen-bond donors (Lipinski definition) is 2. The smallest absolute Gasteiger partial charge is 0.315 e. The van der Waals surface area contributed by atoms with Gasteiger partial charge >= 0.3 is 6.03 Å². The monoisotopic (exact) mass is 341 g/mol. The van der Waals surface area contributed by atoms with E-state index in [1.54, 1.807) is 19.4 Å². The molecular formula is C20H27N3O2. The molecule has 0 saturated carbocycles. The largest absolute Gasteiger partial charge is 0.481 e. The van der Waals surface area contributed by atoms with Crippen LogP contribution in [0.1, 0.15) is 43.5 Å². The van der Waals surface area contributed by atoms with Crippen LogP contribution in [0.15, 0.2) is 42.6 Å². The molecule has 2 rings (SSSR count). The number of hydrogen-bond acceptors (Lipinski definition) is 3. The van der Waals surface area contributed by atoms with Crippen molar-refractivity contribution in [2.24, 2.45) is 5.92 Å². The molecule has 0 fully saturated rings. The summed E-state index contributed by atoms with van der Waals surface area (Å²) in [5, 5.41) is 5.80. The number of nitrogens with zero attached hydrogens (tertiary/aromatic N) is 1. The molecule has 25 heavy (non-hydrogen) atoms. The van der Waals surface area contributed by atoms with Crippen LogP contribution in [0.3, 0.4) is 0 Å². The molecule has 1 unspecified atom stereocenters. The Balaban J connectivity index is 1.82. The highest BCUT2D eigenvalue weighted by Crippen LogP contribution is 2.15. The maximum absolute atomic E-state index is 12.1. The van der Waals surface area contributed by atoms with Crippen LogP contribution in [0.4, 0.5) is 4.79 Å². The van der Waals surface area contributed by atoms with Crippen LogP contribution in [-0.4, -0.2) is 18.1 Å². The Labute approximate surface area is 149 Å². The van der Waals surface area contributed by atoms with Gasteiger partial charge in [0.05, 0.1) is 13.2 Å². The van der Waals surface area contributed by atoms with E-state index in [1.165, 1.54) is 5.56 Å². The fourth-order valence-corrected chi connectivity index (χ4v) is 2.56. The average molecular weight is 341 g/mol. The molecule has 2 N–H and O–H groups in total. The molecule has 5 nitrogen and oxygen atoms in total. The fraction of sp³-hybridized carbons (Fsp3) is 0.400. The number of amides is 2. The summed E-state index contributed by atoms with van der Waals surface area (Å²) in [6.07, 6.45) is 2.76. The predicted molar refractivity (Wildman–Crippen MR) is 99.6 cm³/mol. The van der Waals surface area contributed by atoms with Gasteiger partial charge in [-0.3, -0.25) is 0 Å². The van der Waals surface area contributed by atoms with Gasteiger partial charge in [0, 0.05) is 18.8 Å². The van der Waals surface area contributed by atoms with Crippen molar-refractivity contribution in [2.45, 2.75) is 39.8 Å². The van der Waals surface area contributed by atoms with Gasteiger partial charge in [-0.15, -0.1) is 0 Å². The van der Waals surface area contributed by atoms with Crippen LogP contribution < -0.4 is 15.4 Å². The van der Waals surface area contributed by atoms with Crippen molar-refractivity contribution in [3.63, 3.8) is 0 Å². The van der Waals surface area contributed by atoms with Crippen LogP contribution in [0, 0.1) is 5.92 Å². The highest BCUT2D eigenvalue weighted by molar-refractivity contribution is 5.74. The molecule has 2 amide bonds. The topological polar surface area (TPSA) is 63.2 Å². The standard InChI is InChI=1S/C20H27N3O2/c1-14(2)11-16-5-8-18(9-6-16)15(3)23-20(24)22-13-17-7-10-19(25-4)21-12-17/h5-10,12,14-15H,11,13H2,1-4H3,(H2,22,23,24). The molecule has 2 aromatic rings. The third kappa shape index (κ3) is 6.10. The molecule has 0 bridgehead atoms. The van der Waals surface area contributed by atoms with E-state index in [2.05, 4.69) is 53.7 Å². The zero-order chi connectivity index (χ0) is 18.2. The Hall–Kier alpha value is -2.56. The second kappa shape index (κ2) is 9.06. The molecule has 1 heterocycles. The van der Waals surface area contributed by atoms with E-state index in [0.717, 1.165) is 17.5 Å². The van der Waals surface area contributed by atoms with Crippen LogP contribution in [-0.2, 0) is 13.0 Å². The Kier molecular flexibility index (Phi) is 6.81. The minimum Gasteiger partial charge on any atom is -0.481 e. The van der Waals surface area contributed by atoms with Crippen molar-refractivity contribution in [3.8, 4) is 5.88 Å². The number of ether oxygens (including phenoxy) is 1. The summed E-state index contributed by atoms with van der Waals surface area (Å²) < 4.78 is 5.02. The fourth-order valence-electron chi connectivity index (χ4n) is 2.56. The lowest BCUT2D eigenvalue weighted by Gasteiger charge is -2.16. The molecule has 0 aliphatic rings. The molecule has 5 heteroatoms. The number of rotatable bonds is 7. The van der Waals surface area contributed by atoms with Gasteiger partial charge in [0.2, 0.25) is 5.88 Å². The zero-order valence-electron chi connectivity index (χ0n) is 15.4. The quantitative estimate of drug-likeness (QED) is 0.804. The average Bonchev–Trinajstić information content (AvgIpc) is 2.60. The van der Waals surface area contributed by atoms with Gasteiger partial charge in [0.25, 0.3) is 0 Å². The number of carbonyl (C=O) groups is 1. The SMILES string of the molecule is COc1ccc(CNC(=O)NC(C)c2ccc(CC(C)C)cc2)cn1. The van der Waals surface area contributed by atoms with Crippen LogP contribution in [0.2, 0.25) is 0 Å². The summed E-state index contributed by atoms with van der Waals surface area (Å²) in [7, 11) is 1.57. The summed E-state index contributed by atoms with van der Waals surface area (Å²) in [4.78, 5) is 16.2. The molecule has 0 radical (unpaired) electrons. The lowest BCUT2D eigenvalue weighted by molar-refractivity contribution is 0.237. The number of methoxy groups -OCH3 is 1. The lowest BCUT2D eigenvalue weighted by Crippen LogP contribution is -2.36. The molecular weight excluding hydrogens is 314 g/mol. The van der Waals surface area contributed by atoms with E-state index in [1.807, 2.05) is 13.0 Å². The molecule has 1 aromatic heterocycles. The normalized spacial score (nSPS) is 11.9. The highest BCUT2D eigenvalue weighted by Gasteiger charge is 2.09. The predicted octanol–water partition coefficient (Wildman–Crippen LogP) is 3.85. The number of pyridine rings is 1. The van der Waals surface area contributed by atoms with Gasteiger partial charge in [0.15, 0.2) is 0 Å². The van der Waals surface area contributed by atoms with Crippen molar-refractivity contribution < 1.29 is 9.53 Å². The maximum atomic E-state index is 12.1. The third-order valence-electron chi connectivity index (χ3n) is 3.93. The zero-order valence-corrected chi connectivity index (χ0v) is 15.4. The number of nitrogens with one attached hydrogen (secondary N) is 2. The first-order valence-electron chi connectivity index (χ1n) is 8.60. The summed E-state index contributed by atoms with van der Waals surface area (Å²) in [5.74, 6) is 1.20. The molecule has 0 spiro atoms. The molecule has 0 saturated heterocycles. The van der Waals surface area contributed by atoms with Crippen molar-refractivity contribution in [2.75, 3.05) is 7.11 Å². The molecule has 134 valence electrons. The first-order chi connectivity index (χ1) is 12.0. The van der Waals surface area contributed by atoms with E-state index in [9.17, 15) is 4.79 Å². The Morgan fingerprint density at radius 3 is 2.32 bits per heavy atom. The number of urea groups is 1. The molecule has 1 aromatic carbocycles. The van der Waals surface area contributed by atoms with E-state index in [-0.39, 0.29) is 12.1 Å². The van der Waals surface area contributed by atoms with Gasteiger partial charge in [-0.1, -0.05) is 44.2 Å². The van der Waals surface area contributed by atoms with Gasteiger partial charge < -0.3 is 15.4 Å². The van der Waals surface area contributed by atoms with Crippen molar-refractivity contribution >= 4 is 6.03 Å². The van der Waals surface area contributed by atoms with Gasteiger partial charge in [0.1, 0.15) is 0 Å². The van der Waals surface area contributed by atoms with Crippen molar-refractivity contribution in [3.05, 3.63) is 59.3 Å². The van der Waals surface area contributed by atoms with Crippen molar-refractivity contribution in [1.82, 2.24) is 15.6 Å². The summed E-state index contributed by atoms with van der Waals surface area (Å²) in [6, 6.07) is 11.8. The second-order valence-corrected chi connectivity index (χ2v) is 6.60. The van der Waals surface area contributed by atoms with Crippen LogP contribution >= 0.6 is 0 Å². The summed E-state index contributed by atoms with van der Waals surface area (Å²) >= 11 is 0. The van der Waals surface area contributed by atoms with Gasteiger partial charge in [-0.25, -0.2) is 9.78 Å². The number of benzene rings is 1.